The smallest absolute Gasteiger partial charge is 0.396 e. The fraction of sp³-hybridized carbons (Fsp3) is 0.188. The summed E-state index contributed by atoms with van der Waals surface area (Å²) in [7, 11) is 0. The molecule has 2 amide bonds. The Kier molecular flexibility index (Phi) is 5.23. The SMILES string of the molecule is O=C(Nc1ccc(CCO)cc1)Nc1ccccc1C(F)(F)F. The molecule has 2 aromatic carbocycles. The Labute approximate surface area is 131 Å². The standard InChI is InChI=1S/C16H15F3N2O2/c17-16(18,19)13-3-1-2-4-14(13)21-15(23)20-12-7-5-11(6-8-12)9-10-22/h1-8,22H,9-10H2,(H2,20,21,23). The van der Waals surface area contributed by atoms with Crippen molar-refractivity contribution in [1.82, 2.24) is 0 Å². The highest BCUT2D eigenvalue weighted by molar-refractivity contribution is 6.00. The van der Waals surface area contributed by atoms with Crippen LogP contribution in [0, 0.1) is 0 Å². The van der Waals surface area contributed by atoms with Gasteiger partial charge >= 0.3 is 12.2 Å². The first kappa shape index (κ1) is 16.8. The van der Waals surface area contributed by atoms with Crippen LogP contribution in [0.3, 0.4) is 0 Å². The molecule has 7 heteroatoms. The second-order valence-corrected chi connectivity index (χ2v) is 4.79. The van der Waals surface area contributed by atoms with Crippen LogP contribution in [-0.2, 0) is 12.6 Å². The second-order valence-electron chi connectivity index (χ2n) is 4.79. The Hall–Kier alpha value is -2.54. The molecule has 0 bridgehead atoms. The van der Waals surface area contributed by atoms with E-state index in [4.69, 9.17) is 5.11 Å². The molecule has 0 unspecified atom stereocenters. The van der Waals surface area contributed by atoms with E-state index in [9.17, 15) is 18.0 Å². The number of hydrogen-bond acceptors (Lipinski definition) is 2. The molecule has 0 radical (unpaired) electrons. The van der Waals surface area contributed by atoms with Crippen molar-refractivity contribution in [2.45, 2.75) is 12.6 Å². The number of para-hydroxylation sites is 1. The highest BCUT2D eigenvalue weighted by atomic mass is 19.4. The summed E-state index contributed by atoms with van der Waals surface area (Å²) < 4.78 is 38.6. The zero-order chi connectivity index (χ0) is 16.9. The van der Waals surface area contributed by atoms with Crippen LogP contribution in [-0.4, -0.2) is 17.7 Å². The van der Waals surface area contributed by atoms with Crippen molar-refractivity contribution in [1.29, 1.82) is 0 Å². The fourth-order valence-corrected chi connectivity index (χ4v) is 2.01. The van der Waals surface area contributed by atoms with Crippen molar-refractivity contribution >= 4 is 17.4 Å². The molecule has 122 valence electrons. The molecule has 0 fully saturated rings. The van der Waals surface area contributed by atoms with Gasteiger partial charge in [0.2, 0.25) is 0 Å². The number of amides is 2. The van der Waals surface area contributed by atoms with Crippen molar-refractivity contribution in [3.8, 4) is 0 Å². The molecule has 0 spiro atoms. The van der Waals surface area contributed by atoms with Crippen LogP contribution < -0.4 is 10.6 Å². The number of urea groups is 1. The minimum atomic E-state index is -4.55. The molecule has 0 aliphatic carbocycles. The van der Waals surface area contributed by atoms with E-state index in [0.29, 0.717) is 12.1 Å². The lowest BCUT2D eigenvalue weighted by molar-refractivity contribution is -0.136. The summed E-state index contributed by atoms with van der Waals surface area (Å²) >= 11 is 0. The van der Waals surface area contributed by atoms with Crippen LogP contribution in [0.25, 0.3) is 0 Å². The minimum Gasteiger partial charge on any atom is -0.396 e. The van der Waals surface area contributed by atoms with Gasteiger partial charge in [-0.05, 0) is 36.2 Å². The molecule has 4 nitrogen and oxygen atoms in total. The predicted molar refractivity (Wildman–Crippen MR) is 81.3 cm³/mol. The number of anilines is 2. The zero-order valence-corrected chi connectivity index (χ0v) is 12.0. The summed E-state index contributed by atoms with van der Waals surface area (Å²) in [4.78, 5) is 11.8. The van der Waals surface area contributed by atoms with E-state index in [2.05, 4.69) is 10.6 Å². The van der Waals surface area contributed by atoms with Crippen molar-refractivity contribution < 1.29 is 23.1 Å². The molecule has 0 saturated heterocycles. The number of rotatable bonds is 4. The molecule has 3 N–H and O–H groups in total. The highest BCUT2D eigenvalue weighted by Crippen LogP contribution is 2.34. The maximum atomic E-state index is 12.9. The number of hydrogen-bond donors (Lipinski definition) is 3. The third-order valence-corrected chi connectivity index (χ3v) is 3.09. The summed E-state index contributed by atoms with van der Waals surface area (Å²) in [6, 6.07) is 10.6. The molecule has 0 heterocycles. The number of aliphatic hydroxyl groups excluding tert-OH is 1. The van der Waals surface area contributed by atoms with Gasteiger partial charge in [-0.15, -0.1) is 0 Å². The highest BCUT2D eigenvalue weighted by Gasteiger charge is 2.33. The second kappa shape index (κ2) is 7.15. The number of aliphatic hydroxyl groups is 1. The number of benzene rings is 2. The quantitative estimate of drug-likeness (QED) is 0.799. The molecule has 2 rings (SSSR count). The van der Waals surface area contributed by atoms with Gasteiger partial charge in [0.05, 0.1) is 11.3 Å². The first-order valence-corrected chi connectivity index (χ1v) is 6.84. The van der Waals surface area contributed by atoms with Gasteiger partial charge in [-0.3, -0.25) is 0 Å². The Bertz CT molecular complexity index is 670. The zero-order valence-electron chi connectivity index (χ0n) is 12.0. The van der Waals surface area contributed by atoms with E-state index in [1.54, 1.807) is 24.3 Å². The largest absolute Gasteiger partial charge is 0.418 e. The maximum absolute atomic E-state index is 12.9. The summed E-state index contributed by atoms with van der Waals surface area (Å²) in [5.74, 6) is 0. The molecule has 0 saturated carbocycles. The summed E-state index contributed by atoms with van der Waals surface area (Å²) in [5, 5.41) is 13.5. The van der Waals surface area contributed by atoms with Gasteiger partial charge in [-0.2, -0.15) is 13.2 Å². The van der Waals surface area contributed by atoms with Crippen LogP contribution in [0.4, 0.5) is 29.3 Å². The van der Waals surface area contributed by atoms with Crippen LogP contribution in [0.15, 0.2) is 48.5 Å². The van der Waals surface area contributed by atoms with Gasteiger partial charge in [0, 0.05) is 12.3 Å². The monoisotopic (exact) mass is 324 g/mol. The Morgan fingerprint density at radius 2 is 1.65 bits per heavy atom. The van der Waals surface area contributed by atoms with Crippen molar-refractivity contribution in [2.75, 3.05) is 17.2 Å². The molecule has 0 aliphatic rings. The van der Waals surface area contributed by atoms with Crippen molar-refractivity contribution in [2.24, 2.45) is 0 Å². The molecular formula is C16H15F3N2O2. The average Bonchev–Trinajstić information content (AvgIpc) is 2.49. The Morgan fingerprint density at radius 1 is 1.00 bits per heavy atom. The molecule has 23 heavy (non-hydrogen) atoms. The molecule has 0 aromatic heterocycles. The number of carbonyl (C=O) groups excluding carboxylic acids is 1. The first-order valence-electron chi connectivity index (χ1n) is 6.84. The van der Waals surface area contributed by atoms with Gasteiger partial charge in [0.25, 0.3) is 0 Å². The lowest BCUT2D eigenvalue weighted by Gasteiger charge is -2.14. The first-order chi connectivity index (χ1) is 10.9. The maximum Gasteiger partial charge on any atom is 0.418 e. The van der Waals surface area contributed by atoms with Gasteiger partial charge in [-0.25, -0.2) is 4.79 Å². The Morgan fingerprint density at radius 3 is 2.26 bits per heavy atom. The summed E-state index contributed by atoms with van der Waals surface area (Å²) in [6.07, 6.45) is -4.05. The third-order valence-electron chi connectivity index (χ3n) is 3.09. The van der Waals surface area contributed by atoms with Gasteiger partial charge in [0.15, 0.2) is 0 Å². The van der Waals surface area contributed by atoms with Gasteiger partial charge in [-0.1, -0.05) is 24.3 Å². The lowest BCUT2D eigenvalue weighted by Crippen LogP contribution is -2.21. The summed E-state index contributed by atoms with van der Waals surface area (Å²) in [5.41, 5.74) is 0.109. The van der Waals surface area contributed by atoms with Crippen molar-refractivity contribution in [3.63, 3.8) is 0 Å². The number of halogens is 3. The summed E-state index contributed by atoms with van der Waals surface area (Å²) in [6.45, 7) is 0.0154. The van der Waals surface area contributed by atoms with E-state index >= 15 is 0 Å². The van der Waals surface area contributed by atoms with E-state index in [0.717, 1.165) is 11.6 Å². The normalized spacial score (nSPS) is 11.1. The third kappa shape index (κ3) is 4.72. The molecular weight excluding hydrogens is 309 g/mol. The minimum absolute atomic E-state index is 0.0154. The van der Waals surface area contributed by atoms with Crippen LogP contribution in [0.2, 0.25) is 0 Å². The van der Waals surface area contributed by atoms with E-state index in [-0.39, 0.29) is 12.3 Å². The topological polar surface area (TPSA) is 61.4 Å². The van der Waals surface area contributed by atoms with Crippen LogP contribution in [0.5, 0.6) is 0 Å². The van der Waals surface area contributed by atoms with E-state index in [1.165, 1.54) is 18.2 Å². The van der Waals surface area contributed by atoms with E-state index < -0.39 is 17.8 Å². The van der Waals surface area contributed by atoms with Crippen molar-refractivity contribution in [3.05, 3.63) is 59.7 Å². The van der Waals surface area contributed by atoms with Crippen LogP contribution >= 0.6 is 0 Å². The lowest BCUT2D eigenvalue weighted by atomic mass is 10.1. The predicted octanol–water partition coefficient (Wildman–Crippen LogP) is 3.88. The number of carbonyl (C=O) groups is 1. The average molecular weight is 324 g/mol. The number of alkyl halides is 3. The molecule has 0 atom stereocenters. The fourth-order valence-electron chi connectivity index (χ4n) is 2.01. The van der Waals surface area contributed by atoms with Gasteiger partial charge in [0.1, 0.15) is 0 Å². The molecule has 2 aromatic rings. The van der Waals surface area contributed by atoms with E-state index in [1.807, 2.05) is 0 Å². The number of nitrogens with one attached hydrogen (secondary N) is 2. The van der Waals surface area contributed by atoms with Crippen LogP contribution in [0.1, 0.15) is 11.1 Å². The van der Waals surface area contributed by atoms with Gasteiger partial charge < -0.3 is 15.7 Å². The Balaban J connectivity index is 2.05. The molecule has 0 aliphatic heterocycles.